The number of piperazine rings is 1. The second-order valence-electron chi connectivity index (χ2n) is 12.2. The van der Waals surface area contributed by atoms with Crippen molar-refractivity contribution in [1.29, 1.82) is 0 Å². The summed E-state index contributed by atoms with van der Waals surface area (Å²) in [5, 5.41) is 2.21. The van der Waals surface area contributed by atoms with Gasteiger partial charge in [-0.3, -0.25) is 34.2 Å². The van der Waals surface area contributed by atoms with Gasteiger partial charge in [0.2, 0.25) is 17.7 Å². The maximum atomic E-state index is 13.4. The number of nitrogens with one attached hydrogen (secondary N) is 1. The number of urea groups is 1. The molecule has 2 aromatic rings. The molecule has 0 bridgehead atoms. The summed E-state index contributed by atoms with van der Waals surface area (Å²) in [6.07, 6.45) is 0.186. The van der Waals surface area contributed by atoms with E-state index in [1.807, 2.05) is 21.9 Å². The summed E-state index contributed by atoms with van der Waals surface area (Å²) in [6, 6.07) is 11.5. The van der Waals surface area contributed by atoms with Crippen LogP contribution in [-0.4, -0.2) is 109 Å². The molecule has 0 spiro atoms. The number of rotatable bonds is 4. The Bertz CT molecular complexity index is 1570. The molecule has 5 aliphatic heterocycles. The lowest BCUT2D eigenvalue weighted by molar-refractivity contribution is -0.136. The van der Waals surface area contributed by atoms with Gasteiger partial charge in [-0.15, -0.1) is 0 Å². The molecule has 0 aromatic heterocycles. The number of nitrogens with two attached hydrogens (primary N) is 1. The van der Waals surface area contributed by atoms with E-state index in [-0.39, 0.29) is 30.0 Å². The fourth-order valence-electron chi connectivity index (χ4n) is 7.21. The minimum Gasteiger partial charge on any atom is -0.371 e. The van der Waals surface area contributed by atoms with Gasteiger partial charge in [0.1, 0.15) is 6.04 Å². The van der Waals surface area contributed by atoms with Crippen LogP contribution in [-0.2, 0) is 9.59 Å². The first kappa shape index (κ1) is 27.9. The first-order valence-electron chi connectivity index (χ1n) is 15.0. The number of anilines is 2. The van der Waals surface area contributed by atoms with E-state index in [1.165, 1.54) is 0 Å². The van der Waals surface area contributed by atoms with Crippen LogP contribution < -0.4 is 20.9 Å². The van der Waals surface area contributed by atoms with Crippen molar-refractivity contribution in [2.75, 3.05) is 62.2 Å². The van der Waals surface area contributed by atoms with Gasteiger partial charge in [-0.05, 0) is 48.9 Å². The molecule has 4 fully saturated rings. The zero-order valence-corrected chi connectivity index (χ0v) is 24.1. The van der Waals surface area contributed by atoms with Crippen LogP contribution in [0.15, 0.2) is 42.5 Å². The number of fused-ring (bicyclic) bond motifs is 2. The van der Waals surface area contributed by atoms with Crippen molar-refractivity contribution in [3.05, 3.63) is 59.2 Å². The third kappa shape index (κ3) is 4.72. The standard InChI is InChI=1S/C31H33N7O6/c32-27(40)18-1-3-21(4-2-18)36-14-19-16-37(17-20(19)15-36)31(44)35-11-9-34(10-12-35)22-5-6-23-24(13-22)30(43)38(29(23)42)25-7-8-26(39)33-28(25)41/h1-6,13,19-20,25H,7-12,14-17H2,(H2,32,40)(H,33,39,41). The average Bonchev–Trinajstić information content (AvgIpc) is 3.68. The van der Waals surface area contributed by atoms with Crippen molar-refractivity contribution >= 4 is 46.9 Å². The average molecular weight is 600 g/mol. The van der Waals surface area contributed by atoms with Gasteiger partial charge in [-0.1, -0.05) is 0 Å². The highest BCUT2D eigenvalue weighted by Crippen LogP contribution is 2.35. The lowest BCUT2D eigenvalue weighted by atomic mass is 10.0. The molecule has 0 radical (unpaired) electrons. The van der Waals surface area contributed by atoms with Crippen molar-refractivity contribution in [3.63, 3.8) is 0 Å². The van der Waals surface area contributed by atoms with E-state index in [9.17, 15) is 28.8 Å². The minimum absolute atomic E-state index is 0.0472. The molecule has 5 aliphatic rings. The highest BCUT2D eigenvalue weighted by Gasteiger charge is 2.45. The number of primary amides is 1. The molecule has 3 atom stereocenters. The third-order valence-corrected chi connectivity index (χ3v) is 9.61. The molecule has 3 unspecified atom stereocenters. The number of benzene rings is 2. The van der Waals surface area contributed by atoms with Gasteiger partial charge in [0, 0.05) is 87.6 Å². The molecule has 0 aliphatic carbocycles. The Morgan fingerprint density at radius 3 is 2.00 bits per heavy atom. The fourth-order valence-corrected chi connectivity index (χ4v) is 7.21. The summed E-state index contributed by atoms with van der Waals surface area (Å²) < 4.78 is 0. The Labute approximate surface area is 253 Å². The fraction of sp³-hybridized carbons (Fsp3) is 0.419. The minimum atomic E-state index is -0.999. The second-order valence-corrected chi connectivity index (χ2v) is 12.2. The van der Waals surface area contributed by atoms with Gasteiger partial charge < -0.3 is 25.3 Å². The smallest absolute Gasteiger partial charge is 0.320 e. The predicted molar refractivity (Wildman–Crippen MR) is 158 cm³/mol. The van der Waals surface area contributed by atoms with Crippen LogP contribution in [0, 0.1) is 11.8 Å². The lowest BCUT2D eigenvalue weighted by Crippen LogP contribution is -2.54. The van der Waals surface area contributed by atoms with Crippen LogP contribution in [0.1, 0.15) is 43.9 Å². The van der Waals surface area contributed by atoms with E-state index in [4.69, 9.17) is 5.73 Å². The first-order valence-corrected chi connectivity index (χ1v) is 15.0. The maximum absolute atomic E-state index is 13.4. The molecule has 2 aromatic carbocycles. The summed E-state index contributed by atoms with van der Waals surface area (Å²) in [6.45, 7) is 5.38. The van der Waals surface area contributed by atoms with E-state index in [0.717, 1.165) is 29.4 Å². The normalized spacial score (nSPS) is 25.0. The van der Waals surface area contributed by atoms with Crippen LogP contribution in [0.25, 0.3) is 0 Å². The summed E-state index contributed by atoms with van der Waals surface area (Å²) in [5.41, 5.74) is 8.18. The summed E-state index contributed by atoms with van der Waals surface area (Å²) in [4.78, 5) is 84.1. The number of piperidine rings is 1. The van der Waals surface area contributed by atoms with E-state index >= 15 is 0 Å². The van der Waals surface area contributed by atoms with Crippen molar-refractivity contribution in [1.82, 2.24) is 20.0 Å². The number of carbonyl (C=O) groups excluding carboxylic acids is 6. The Morgan fingerprint density at radius 1 is 0.727 bits per heavy atom. The largest absolute Gasteiger partial charge is 0.371 e. The monoisotopic (exact) mass is 599 g/mol. The second kappa shape index (κ2) is 10.6. The first-order chi connectivity index (χ1) is 21.2. The zero-order valence-electron chi connectivity index (χ0n) is 24.1. The number of amides is 7. The molecule has 13 heteroatoms. The number of nitrogens with zero attached hydrogens (tertiary/aromatic N) is 5. The van der Waals surface area contributed by atoms with Crippen LogP contribution in [0.2, 0.25) is 0 Å². The molecule has 0 saturated carbocycles. The highest BCUT2D eigenvalue weighted by atomic mass is 16.2. The topological polar surface area (TPSA) is 157 Å². The molecule has 228 valence electrons. The molecule has 4 saturated heterocycles. The van der Waals surface area contributed by atoms with Crippen molar-refractivity contribution < 1.29 is 28.8 Å². The van der Waals surface area contributed by atoms with Crippen LogP contribution in [0.3, 0.4) is 0 Å². The van der Waals surface area contributed by atoms with E-state index < -0.39 is 35.6 Å². The molecule has 13 nitrogen and oxygen atoms in total. The Balaban J connectivity index is 0.937. The van der Waals surface area contributed by atoms with Crippen molar-refractivity contribution in [2.45, 2.75) is 18.9 Å². The number of hydrogen-bond acceptors (Lipinski definition) is 8. The lowest BCUT2D eigenvalue weighted by Gasteiger charge is -2.38. The van der Waals surface area contributed by atoms with E-state index in [0.29, 0.717) is 56.7 Å². The summed E-state index contributed by atoms with van der Waals surface area (Å²) >= 11 is 0. The number of likely N-dealkylation sites (tertiary alicyclic amines) is 1. The SMILES string of the molecule is NC(=O)c1ccc(N2CC3CN(C(=O)N4CCN(c5ccc6c(c5)C(=O)N(C5CCC(=O)NC5=O)C6=O)CC4)CC3C2)cc1. The Morgan fingerprint density at radius 2 is 1.36 bits per heavy atom. The van der Waals surface area contributed by atoms with Gasteiger partial charge in [0.15, 0.2) is 0 Å². The number of carbonyl (C=O) groups is 6. The van der Waals surface area contributed by atoms with Gasteiger partial charge in [-0.2, -0.15) is 0 Å². The quantitative estimate of drug-likeness (QED) is 0.481. The van der Waals surface area contributed by atoms with Gasteiger partial charge in [0.05, 0.1) is 11.1 Å². The van der Waals surface area contributed by atoms with Gasteiger partial charge >= 0.3 is 6.03 Å². The van der Waals surface area contributed by atoms with E-state index in [1.54, 1.807) is 30.3 Å². The summed E-state index contributed by atoms with van der Waals surface area (Å²) in [7, 11) is 0. The molecular weight excluding hydrogens is 566 g/mol. The molecule has 44 heavy (non-hydrogen) atoms. The molecule has 3 N–H and O–H groups in total. The molecule has 7 amide bonds. The van der Waals surface area contributed by atoms with Gasteiger partial charge in [-0.25, -0.2) is 4.79 Å². The maximum Gasteiger partial charge on any atom is 0.320 e. The van der Waals surface area contributed by atoms with Crippen molar-refractivity contribution in [3.8, 4) is 0 Å². The van der Waals surface area contributed by atoms with E-state index in [2.05, 4.69) is 15.1 Å². The van der Waals surface area contributed by atoms with Crippen LogP contribution >= 0.6 is 0 Å². The van der Waals surface area contributed by atoms with Gasteiger partial charge in [0.25, 0.3) is 11.8 Å². The predicted octanol–water partition coefficient (Wildman–Crippen LogP) is 0.497. The number of hydrogen-bond donors (Lipinski definition) is 2. The number of imide groups is 2. The van der Waals surface area contributed by atoms with Crippen LogP contribution in [0.5, 0.6) is 0 Å². The third-order valence-electron chi connectivity index (χ3n) is 9.61. The molecule has 7 rings (SSSR count). The summed E-state index contributed by atoms with van der Waals surface area (Å²) in [5.74, 6) is -1.76. The van der Waals surface area contributed by atoms with Crippen molar-refractivity contribution in [2.24, 2.45) is 17.6 Å². The van der Waals surface area contributed by atoms with Crippen LogP contribution in [0.4, 0.5) is 16.2 Å². The Kier molecular flexibility index (Phi) is 6.74. The zero-order chi connectivity index (χ0) is 30.7. The molecular formula is C31H33N7O6. The Hall–Kier alpha value is -4.94. The molecule has 5 heterocycles. The highest BCUT2D eigenvalue weighted by molar-refractivity contribution is 6.23.